The van der Waals surface area contributed by atoms with Crippen LogP contribution < -0.4 is 4.90 Å². The van der Waals surface area contributed by atoms with E-state index in [1.165, 1.54) is 0 Å². The van der Waals surface area contributed by atoms with Crippen molar-refractivity contribution in [1.82, 2.24) is 4.98 Å². The van der Waals surface area contributed by atoms with E-state index in [9.17, 15) is 9.90 Å². The van der Waals surface area contributed by atoms with Gasteiger partial charge in [0.15, 0.2) is 5.69 Å². The smallest absolute Gasteiger partial charge is 0.354 e. The molecule has 2 aromatic rings. The molecule has 0 fully saturated rings. The van der Waals surface area contributed by atoms with Crippen molar-refractivity contribution < 1.29 is 9.90 Å². The maximum absolute atomic E-state index is 11.3. The second-order valence-corrected chi connectivity index (χ2v) is 5.41. The summed E-state index contributed by atoms with van der Waals surface area (Å²) in [6.07, 6.45) is 1.09. The van der Waals surface area contributed by atoms with Gasteiger partial charge in [-0.1, -0.05) is 44.5 Å². The zero-order chi connectivity index (χ0) is 15.4. The lowest BCUT2D eigenvalue weighted by molar-refractivity contribution is 0.0691. The molecule has 0 amide bonds. The first-order chi connectivity index (χ1) is 10.1. The molecular weight excluding hydrogens is 264 g/mol. The van der Waals surface area contributed by atoms with Crippen molar-refractivity contribution in [3.8, 4) is 0 Å². The summed E-state index contributed by atoms with van der Waals surface area (Å²) in [6, 6.07) is 9.46. The summed E-state index contributed by atoms with van der Waals surface area (Å²) in [6.45, 7) is 8.13. The van der Waals surface area contributed by atoms with Gasteiger partial charge in [-0.05, 0) is 24.3 Å². The molecule has 0 radical (unpaired) electrons. The van der Waals surface area contributed by atoms with E-state index in [1.54, 1.807) is 6.07 Å². The summed E-state index contributed by atoms with van der Waals surface area (Å²) in [4.78, 5) is 17.9. The van der Waals surface area contributed by atoms with E-state index in [0.717, 1.165) is 36.1 Å². The van der Waals surface area contributed by atoms with Gasteiger partial charge in [0.1, 0.15) is 5.82 Å². The Balaban J connectivity index is 2.56. The minimum absolute atomic E-state index is 0.103. The van der Waals surface area contributed by atoms with Crippen molar-refractivity contribution in [2.45, 2.75) is 27.2 Å². The van der Waals surface area contributed by atoms with Crippen LogP contribution in [-0.2, 0) is 0 Å². The number of rotatable bonds is 6. The first-order valence-electron chi connectivity index (χ1n) is 7.44. The van der Waals surface area contributed by atoms with Gasteiger partial charge in [0, 0.05) is 18.5 Å². The summed E-state index contributed by atoms with van der Waals surface area (Å²) in [5.41, 5.74) is 0.103. The molecule has 0 saturated carbocycles. The van der Waals surface area contributed by atoms with Gasteiger partial charge in [-0.15, -0.1) is 0 Å². The third kappa shape index (κ3) is 3.32. The molecule has 4 nitrogen and oxygen atoms in total. The van der Waals surface area contributed by atoms with E-state index in [2.05, 4.69) is 30.7 Å². The molecule has 2 rings (SSSR count). The number of aromatic nitrogens is 1. The minimum atomic E-state index is -0.985. The van der Waals surface area contributed by atoms with Crippen LogP contribution in [0.2, 0.25) is 0 Å². The zero-order valence-electron chi connectivity index (χ0n) is 12.8. The topological polar surface area (TPSA) is 53.4 Å². The number of hydrogen-bond acceptors (Lipinski definition) is 3. The van der Waals surface area contributed by atoms with E-state index >= 15 is 0 Å². The average molecular weight is 286 g/mol. The Morgan fingerprint density at radius 1 is 1.33 bits per heavy atom. The highest BCUT2D eigenvalue weighted by Crippen LogP contribution is 2.26. The molecule has 1 atom stereocenters. The second kappa shape index (κ2) is 6.57. The molecule has 1 N–H and O–H groups in total. The SMILES string of the molecule is CCC(C)CN(CC)c1nc(C(=O)O)cc2ccccc12. The fourth-order valence-electron chi connectivity index (χ4n) is 2.40. The normalized spacial score (nSPS) is 12.3. The standard InChI is InChI=1S/C17H22N2O2/c1-4-12(3)11-19(5-2)16-14-9-7-6-8-13(14)10-15(18-16)17(20)21/h6-10,12H,4-5,11H2,1-3H3,(H,20,21). The predicted molar refractivity (Wildman–Crippen MR) is 86.0 cm³/mol. The Hall–Kier alpha value is -2.10. The van der Waals surface area contributed by atoms with Crippen LogP contribution in [0.1, 0.15) is 37.7 Å². The lowest BCUT2D eigenvalue weighted by Crippen LogP contribution is -2.29. The van der Waals surface area contributed by atoms with E-state index in [4.69, 9.17) is 0 Å². The van der Waals surface area contributed by atoms with Crippen LogP contribution in [0.5, 0.6) is 0 Å². The summed E-state index contributed by atoms with van der Waals surface area (Å²) >= 11 is 0. The number of pyridine rings is 1. The zero-order valence-corrected chi connectivity index (χ0v) is 12.8. The molecule has 1 heterocycles. The fraction of sp³-hybridized carbons (Fsp3) is 0.412. The number of carboxylic acids is 1. The van der Waals surface area contributed by atoms with Gasteiger partial charge in [-0.2, -0.15) is 0 Å². The number of anilines is 1. The average Bonchev–Trinajstić information content (AvgIpc) is 2.51. The monoisotopic (exact) mass is 286 g/mol. The number of carboxylic acid groups (broad SMARTS) is 1. The van der Waals surface area contributed by atoms with Crippen molar-refractivity contribution in [2.24, 2.45) is 5.92 Å². The first-order valence-corrected chi connectivity index (χ1v) is 7.44. The number of nitrogens with zero attached hydrogens (tertiary/aromatic N) is 2. The Bertz CT molecular complexity index is 640. The molecule has 0 bridgehead atoms. The quantitative estimate of drug-likeness (QED) is 0.877. The molecular formula is C17H22N2O2. The number of hydrogen-bond donors (Lipinski definition) is 1. The van der Waals surface area contributed by atoms with Crippen LogP contribution in [0.4, 0.5) is 5.82 Å². The Labute approximate surface area is 125 Å². The van der Waals surface area contributed by atoms with Gasteiger partial charge >= 0.3 is 5.97 Å². The third-order valence-corrected chi connectivity index (χ3v) is 3.85. The van der Waals surface area contributed by atoms with E-state index < -0.39 is 5.97 Å². The molecule has 21 heavy (non-hydrogen) atoms. The molecule has 4 heteroatoms. The summed E-state index contributed by atoms with van der Waals surface area (Å²) in [7, 11) is 0. The summed E-state index contributed by atoms with van der Waals surface area (Å²) in [5, 5.41) is 11.2. The second-order valence-electron chi connectivity index (χ2n) is 5.41. The van der Waals surface area contributed by atoms with Crippen molar-refractivity contribution in [3.05, 3.63) is 36.0 Å². The van der Waals surface area contributed by atoms with Crippen LogP contribution in [-0.4, -0.2) is 29.1 Å². The first kappa shape index (κ1) is 15.3. The highest BCUT2D eigenvalue weighted by molar-refractivity contribution is 5.98. The Morgan fingerprint density at radius 3 is 2.67 bits per heavy atom. The van der Waals surface area contributed by atoms with E-state index in [1.807, 2.05) is 24.3 Å². The van der Waals surface area contributed by atoms with Crippen LogP contribution in [0.25, 0.3) is 10.8 Å². The molecule has 0 saturated heterocycles. The van der Waals surface area contributed by atoms with Crippen molar-refractivity contribution in [1.29, 1.82) is 0 Å². The van der Waals surface area contributed by atoms with Crippen LogP contribution in [0.15, 0.2) is 30.3 Å². The molecule has 0 aliphatic rings. The van der Waals surface area contributed by atoms with Crippen LogP contribution >= 0.6 is 0 Å². The van der Waals surface area contributed by atoms with Crippen molar-refractivity contribution in [2.75, 3.05) is 18.0 Å². The van der Waals surface area contributed by atoms with Crippen molar-refractivity contribution >= 4 is 22.6 Å². The predicted octanol–water partition coefficient (Wildman–Crippen LogP) is 3.81. The largest absolute Gasteiger partial charge is 0.477 e. The van der Waals surface area contributed by atoms with E-state index in [-0.39, 0.29) is 5.69 Å². The number of fused-ring (bicyclic) bond motifs is 1. The molecule has 0 spiro atoms. The summed E-state index contributed by atoms with van der Waals surface area (Å²) < 4.78 is 0. The van der Waals surface area contributed by atoms with Crippen molar-refractivity contribution in [3.63, 3.8) is 0 Å². The van der Waals surface area contributed by atoms with Gasteiger partial charge in [0.05, 0.1) is 0 Å². The summed E-state index contributed by atoms with van der Waals surface area (Å²) in [5.74, 6) is 0.328. The molecule has 112 valence electrons. The number of carbonyl (C=O) groups is 1. The van der Waals surface area contributed by atoms with Gasteiger partial charge in [0.25, 0.3) is 0 Å². The number of benzene rings is 1. The van der Waals surface area contributed by atoms with Crippen LogP contribution in [0.3, 0.4) is 0 Å². The highest BCUT2D eigenvalue weighted by Gasteiger charge is 2.16. The Kier molecular flexibility index (Phi) is 4.78. The van der Waals surface area contributed by atoms with Gasteiger partial charge in [-0.3, -0.25) is 0 Å². The van der Waals surface area contributed by atoms with Gasteiger partial charge in [-0.25, -0.2) is 9.78 Å². The highest BCUT2D eigenvalue weighted by atomic mass is 16.4. The molecule has 1 unspecified atom stereocenters. The Morgan fingerprint density at radius 2 is 2.05 bits per heavy atom. The molecule has 1 aromatic heterocycles. The fourth-order valence-corrected chi connectivity index (χ4v) is 2.40. The van der Waals surface area contributed by atoms with Crippen LogP contribution in [0, 0.1) is 5.92 Å². The maximum atomic E-state index is 11.3. The van der Waals surface area contributed by atoms with Gasteiger partial charge < -0.3 is 10.0 Å². The van der Waals surface area contributed by atoms with Gasteiger partial charge in [0.2, 0.25) is 0 Å². The molecule has 0 aliphatic heterocycles. The maximum Gasteiger partial charge on any atom is 0.354 e. The number of aromatic carboxylic acids is 1. The van der Waals surface area contributed by atoms with E-state index in [0.29, 0.717) is 5.92 Å². The lowest BCUT2D eigenvalue weighted by atomic mass is 10.1. The minimum Gasteiger partial charge on any atom is -0.477 e. The molecule has 0 aliphatic carbocycles. The molecule has 1 aromatic carbocycles. The lowest BCUT2D eigenvalue weighted by Gasteiger charge is -2.26. The third-order valence-electron chi connectivity index (χ3n) is 3.85.